The molecule has 0 radical (unpaired) electrons. The average Bonchev–Trinajstić information content (AvgIpc) is 3.27. The number of nitrogens with zero attached hydrogens (tertiary/aromatic N) is 2. The van der Waals surface area contributed by atoms with Gasteiger partial charge in [0.2, 0.25) is 0 Å². The van der Waals surface area contributed by atoms with Gasteiger partial charge in [0.05, 0.1) is 12.6 Å². The third kappa shape index (κ3) is 5.40. The van der Waals surface area contributed by atoms with Gasteiger partial charge in [-0.1, -0.05) is 12.1 Å². The molecule has 4 rings (SSSR count). The Kier molecular flexibility index (Phi) is 6.83. The van der Waals surface area contributed by atoms with Gasteiger partial charge in [0.25, 0.3) is 11.5 Å². The van der Waals surface area contributed by atoms with Crippen molar-refractivity contribution in [1.29, 1.82) is 0 Å². The first-order valence-corrected chi connectivity index (χ1v) is 11.1. The van der Waals surface area contributed by atoms with Crippen LogP contribution in [-0.2, 0) is 17.8 Å². The highest BCUT2D eigenvalue weighted by Gasteiger charge is 2.24. The molecule has 1 unspecified atom stereocenters. The second kappa shape index (κ2) is 9.75. The van der Waals surface area contributed by atoms with E-state index in [9.17, 15) is 14.0 Å². The van der Waals surface area contributed by atoms with Crippen LogP contribution in [-0.4, -0.2) is 47.2 Å². The highest BCUT2D eigenvalue weighted by atomic mass is 19.1. The van der Waals surface area contributed by atoms with Crippen molar-refractivity contribution in [3.05, 3.63) is 69.4 Å². The molecule has 2 aliphatic rings. The van der Waals surface area contributed by atoms with Crippen molar-refractivity contribution in [3.63, 3.8) is 0 Å². The summed E-state index contributed by atoms with van der Waals surface area (Å²) in [7, 11) is 0. The molecule has 1 atom stereocenters. The SMILES string of the molecule is Cc1ccn(CC2CCCO2)c(=O)c1C(=O)NC1CCN(Cc2ccc(F)cc2)CC1. The summed E-state index contributed by atoms with van der Waals surface area (Å²) in [5.74, 6) is -0.516. The number of benzene rings is 1. The first-order valence-electron chi connectivity index (χ1n) is 11.1. The van der Waals surface area contributed by atoms with Crippen LogP contribution in [0.4, 0.5) is 4.39 Å². The Morgan fingerprint density at radius 3 is 2.58 bits per heavy atom. The van der Waals surface area contributed by atoms with E-state index in [1.807, 2.05) is 18.2 Å². The van der Waals surface area contributed by atoms with Gasteiger partial charge in [0, 0.05) is 38.5 Å². The highest BCUT2D eigenvalue weighted by molar-refractivity contribution is 5.95. The minimum Gasteiger partial charge on any atom is -0.376 e. The van der Waals surface area contributed by atoms with Crippen molar-refractivity contribution in [2.24, 2.45) is 0 Å². The number of halogens is 1. The smallest absolute Gasteiger partial charge is 0.263 e. The first kappa shape index (κ1) is 21.7. The minimum atomic E-state index is -0.291. The third-order valence-corrected chi connectivity index (χ3v) is 6.27. The molecule has 2 aliphatic heterocycles. The first-order chi connectivity index (χ1) is 15.0. The lowest BCUT2D eigenvalue weighted by atomic mass is 10.0. The van der Waals surface area contributed by atoms with Crippen molar-refractivity contribution in [2.75, 3.05) is 19.7 Å². The van der Waals surface area contributed by atoms with E-state index in [4.69, 9.17) is 4.74 Å². The lowest BCUT2D eigenvalue weighted by molar-refractivity contribution is 0.0896. The fourth-order valence-electron chi connectivity index (χ4n) is 4.43. The van der Waals surface area contributed by atoms with Crippen LogP contribution >= 0.6 is 0 Å². The van der Waals surface area contributed by atoms with Gasteiger partial charge < -0.3 is 14.6 Å². The number of aryl methyl sites for hydroxylation is 1. The number of nitrogens with one attached hydrogen (secondary N) is 1. The fraction of sp³-hybridized carbons (Fsp3) is 0.500. The predicted octanol–water partition coefficient (Wildman–Crippen LogP) is 2.87. The summed E-state index contributed by atoms with van der Waals surface area (Å²) in [6.07, 6.45) is 5.40. The number of likely N-dealkylation sites (tertiary alicyclic amines) is 1. The van der Waals surface area contributed by atoms with E-state index in [-0.39, 0.29) is 35.0 Å². The van der Waals surface area contributed by atoms with Crippen molar-refractivity contribution in [2.45, 2.75) is 57.8 Å². The number of aromatic nitrogens is 1. The minimum absolute atomic E-state index is 0.0433. The summed E-state index contributed by atoms with van der Waals surface area (Å²) in [5, 5.41) is 3.07. The van der Waals surface area contributed by atoms with Crippen LogP contribution in [0, 0.1) is 12.7 Å². The largest absolute Gasteiger partial charge is 0.376 e. The molecule has 7 heteroatoms. The van der Waals surface area contributed by atoms with Gasteiger partial charge in [0.1, 0.15) is 11.4 Å². The second-order valence-corrected chi connectivity index (χ2v) is 8.62. The van der Waals surface area contributed by atoms with Gasteiger partial charge in [-0.15, -0.1) is 0 Å². The van der Waals surface area contributed by atoms with Crippen molar-refractivity contribution >= 4 is 5.91 Å². The number of carbonyl (C=O) groups is 1. The second-order valence-electron chi connectivity index (χ2n) is 8.62. The molecule has 2 saturated heterocycles. The van der Waals surface area contributed by atoms with Crippen LogP contribution in [0.5, 0.6) is 0 Å². The Balaban J connectivity index is 1.34. The van der Waals surface area contributed by atoms with Gasteiger partial charge in [0.15, 0.2) is 0 Å². The summed E-state index contributed by atoms with van der Waals surface area (Å²) in [4.78, 5) is 28.2. The molecule has 0 bridgehead atoms. The zero-order chi connectivity index (χ0) is 21.8. The van der Waals surface area contributed by atoms with Crippen LogP contribution in [0.1, 0.15) is 47.2 Å². The van der Waals surface area contributed by atoms with Crippen molar-refractivity contribution in [1.82, 2.24) is 14.8 Å². The Bertz CT molecular complexity index is 959. The number of pyridine rings is 1. The Morgan fingerprint density at radius 2 is 1.90 bits per heavy atom. The van der Waals surface area contributed by atoms with Gasteiger partial charge in [-0.2, -0.15) is 0 Å². The molecular weight excluding hydrogens is 397 g/mol. The number of ether oxygens (including phenoxy) is 1. The van der Waals surface area contributed by atoms with E-state index in [0.717, 1.165) is 57.5 Å². The normalized spacial score (nSPS) is 20.1. The molecule has 3 heterocycles. The molecule has 1 N–H and O–H groups in total. The van der Waals surface area contributed by atoms with Gasteiger partial charge in [-0.25, -0.2) is 4.39 Å². The number of hydrogen-bond acceptors (Lipinski definition) is 4. The van der Waals surface area contributed by atoms with Crippen LogP contribution < -0.4 is 10.9 Å². The summed E-state index contributed by atoms with van der Waals surface area (Å²) in [6, 6.07) is 8.46. The van der Waals surface area contributed by atoms with Crippen LogP contribution in [0.2, 0.25) is 0 Å². The van der Waals surface area contributed by atoms with Crippen LogP contribution in [0.3, 0.4) is 0 Å². The quantitative estimate of drug-likeness (QED) is 0.770. The molecule has 0 aliphatic carbocycles. The van der Waals surface area contributed by atoms with Gasteiger partial charge >= 0.3 is 0 Å². The van der Waals surface area contributed by atoms with E-state index < -0.39 is 0 Å². The predicted molar refractivity (Wildman–Crippen MR) is 117 cm³/mol. The number of rotatable bonds is 6. The van der Waals surface area contributed by atoms with E-state index in [2.05, 4.69) is 10.2 Å². The summed E-state index contributed by atoms with van der Waals surface area (Å²) in [5.41, 5.74) is 1.76. The summed E-state index contributed by atoms with van der Waals surface area (Å²) in [6.45, 7) is 5.49. The number of carbonyl (C=O) groups excluding carboxylic acids is 1. The van der Waals surface area contributed by atoms with Gasteiger partial charge in [-0.3, -0.25) is 14.5 Å². The molecule has 6 nitrogen and oxygen atoms in total. The molecule has 0 spiro atoms. The van der Waals surface area contributed by atoms with Gasteiger partial charge in [-0.05, 0) is 61.9 Å². The lowest BCUT2D eigenvalue weighted by Crippen LogP contribution is -2.46. The third-order valence-electron chi connectivity index (χ3n) is 6.27. The molecule has 2 aromatic rings. The van der Waals surface area contributed by atoms with E-state index in [1.54, 1.807) is 17.7 Å². The molecule has 1 aromatic carbocycles. The Morgan fingerprint density at radius 1 is 1.16 bits per heavy atom. The zero-order valence-corrected chi connectivity index (χ0v) is 18.0. The monoisotopic (exact) mass is 427 g/mol. The molecule has 0 saturated carbocycles. The van der Waals surface area contributed by atoms with Crippen LogP contribution in [0.25, 0.3) is 0 Å². The molecule has 1 aromatic heterocycles. The summed E-state index contributed by atoms with van der Waals surface area (Å²) < 4.78 is 20.3. The number of piperidine rings is 1. The van der Waals surface area contributed by atoms with E-state index >= 15 is 0 Å². The molecule has 2 fully saturated rings. The number of hydrogen-bond donors (Lipinski definition) is 1. The Labute approximate surface area is 182 Å². The average molecular weight is 428 g/mol. The van der Waals surface area contributed by atoms with E-state index in [1.165, 1.54) is 12.1 Å². The van der Waals surface area contributed by atoms with Crippen LogP contribution in [0.15, 0.2) is 41.3 Å². The Hall–Kier alpha value is -2.51. The maximum atomic E-state index is 13.1. The van der Waals surface area contributed by atoms with Crippen molar-refractivity contribution < 1.29 is 13.9 Å². The molecular formula is C24H30FN3O3. The fourth-order valence-corrected chi connectivity index (χ4v) is 4.43. The topological polar surface area (TPSA) is 63.6 Å². The molecule has 1 amide bonds. The maximum absolute atomic E-state index is 13.1. The molecule has 166 valence electrons. The molecule has 31 heavy (non-hydrogen) atoms. The van der Waals surface area contributed by atoms with E-state index in [0.29, 0.717) is 12.1 Å². The zero-order valence-electron chi connectivity index (χ0n) is 18.0. The summed E-state index contributed by atoms with van der Waals surface area (Å²) >= 11 is 0. The van der Waals surface area contributed by atoms with Crippen molar-refractivity contribution in [3.8, 4) is 0 Å². The lowest BCUT2D eigenvalue weighted by Gasteiger charge is -2.32. The highest BCUT2D eigenvalue weighted by Crippen LogP contribution is 2.16. The maximum Gasteiger partial charge on any atom is 0.263 e. The standard InChI is InChI=1S/C24H30FN3O3/c1-17-8-13-28(16-21-3-2-14-31-21)24(30)22(17)23(29)26-20-9-11-27(12-10-20)15-18-4-6-19(25)7-5-18/h4-8,13,20-21H,2-3,9-12,14-16H2,1H3,(H,26,29). The number of amides is 1.